The summed E-state index contributed by atoms with van der Waals surface area (Å²) in [6, 6.07) is 10.1. The number of rotatable bonds is 5. The van der Waals surface area contributed by atoms with Crippen LogP contribution in [-0.4, -0.2) is 25.5 Å². The quantitative estimate of drug-likeness (QED) is 0.501. The third-order valence-corrected chi connectivity index (χ3v) is 3.79. The van der Waals surface area contributed by atoms with Gasteiger partial charge >= 0.3 is 0 Å². The molecule has 6 nitrogen and oxygen atoms in total. The first-order valence-electron chi connectivity index (χ1n) is 7.90. The first-order chi connectivity index (χ1) is 13.0. The van der Waals surface area contributed by atoms with Crippen molar-refractivity contribution in [3.05, 3.63) is 59.4 Å². The van der Waals surface area contributed by atoms with E-state index in [-0.39, 0.29) is 12.2 Å². The average molecular weight is 366 g/mol. The number of ether oxygens (including phenoxy) is 2. The molecule has 1 fully saturated rings. The topological polar surface area (TPSA) is 67.9 Å². The Morgan fingerprint density at radius 1 is 1.19 bits per heavy atom. The molecule has 0 unspecified atom stereocenters. The molecule has 7 heteroatoms. The summed E-state index contributed by atoms with van der Waals surface area (Å²) in [7, 11) is 1.47. The predicted molar refractivity (Wildman–Crippen MR) is 97.3 cm³/mol. The van der Waals surface area contributed by atoms with Gasteiger partial charge in [0.15, 0.2) is 11.5 Å². The van der Waals surface area contributed by atoms with E-state index in [1.54, 1.807) is 18.2 Å². The fourth-order valence-electron chi connectivity index (χ4n) is 2.51. The summed E-state index contributed by atoms with van der Waals surface area (Å²) in [4.78, 5) is 24.8. The van der Waals surface area contributed by atoms with E-state index in [0.717, 1.165) is 5.01 Å². The van der Waals surface area contributed by atoms with Crippen molar-refractivity contribution in [1.82, 2.24) is 5.43 Å². The Morgan fingerprint density at radius 2 is 1.93 bits per heavy atom. The van der Waals surface area contributed by atoms with Gasteiger partial charge in [-0.3, -0.25) is 15.0 Å². The molecule has 2 aromatic rings. The molecule has 1 saturated heterocycles. The van der Waals surface area contributed by atoms with Crippen LogP contribution in [0.1, 0.15) is 5.56 Å². The maximum atomic E-state index is 13.1. The second-order valence-corrected chi connectivity index (χ2v) is 5.52. The van der Waals surface area contributed by atoms with Gasteiger partial charge in [0.1, 0.15) is 18.0 Å². The van der Waals surface area contributed by atoms with Crippen LogP contribution in [0.3, 0.4) is 0 Å². The molecule has 0 spiro atoms. The molecule has 0 bridgehead atoms. The summed E-state index contributed by atoms with van der Waals surface area (Å²) in [5.74, 6) is 1.69. The van der Waals surface area contributed by atoms with Crippen molar-refractivity contribution < 1.29 is 23.5 Å². The number of halogens is 1. The molecule has 3 rings (SSSR count). The van der Waals surface area contributed by atoms with Gasteiger partial charge < -0.3 is 9.47 Å². The second kappa shape index (κ2) is 7.62. The number of amides is 2. The minimum Gasteiger partial charge on any atom is -0.493 e. The average Bonchev–Trinajstić information content (AvgIpc) is 2.95. The Labute approximate surface area is 155 Å². The zero-order chi connectivity index (χ0) is 19.4. The lowest BCUT2D eigenvalue weighted by atomic mass is 10.1. The number of carbonyl (C=O) groups is 2. The van der Waals surface area contributed by atoms with Crippen LogP contribution in [0, 0.1) is 18.2 Å². The van der Waals surface area contributed by atoms with Gasteiger partial charge in [-0.25, -0.2) is 9.40 Å². The Hall–Kier alpha value is -3.79. The highest BCUT2D eigenvalue weighted by Crippen LogP contribution is 2.30. The molecule has 1 aliphatic heterocycles. The molecule has 0 atom stereocenters. The van der Waals surface area contributed by atoms with Crippen LogP contribution in [-0.2, 0) is 9.59 Å². The van der Waals surface area contributed by atoms with Crippen molar-refractivity contribution >= 4 is 23.6 Å². The summed E-state index contributed by atoms with van der Waals surface area (Å²) in [5, 5.41) is 1.06. The molecule has 1 aliphatic rings. The monoisotopic (exact) mass is 366 g/mol. The van der Waals surface area contributed by atoms with E-state index in [1.165, 1.54) is 37.5 Å². The molecule has 2 aromatic carbocycles. The van der Waals surface area contributed by atoms with Crippen LogP contribution in [0.25, 0.3) is 6.08 Å². The smallest absolute Gasteiger partial charge is 0.282 e. The van der Waals surface area contributed by atoms with Gasteiger partial charge in [0, 0.05) is 0 Å². The number of hydrazine groups is 1. The Bertz CT molecular complexity index is 961. The number of nitrogens with one attached hydrogen (secondary N) is 1. The fraction of sp³-hybridized carbons (Fsp3) is 0.100. The van der Waals surface area contributed by atoms with Crippen LogP contribution < -0.4 is 19.9 Å². The molecule has 0 aliphatic carbocycles. The molecular weight excluding hydrogens is 351 g/mol. The predicted octanol–water partition coefficient (Wildman–Crippen LogP) is 2.31. The van der Waals surface area contributed by atoms with Crippen LogP contribution in [0.4, 0.5) is 10.1 Å². The van der Waals surface area contributed by atoms with Crippen molar-refractivity contribution in [1.29, 1.82) is 0 Å². The highest BCUT2D eigenvalue weighted by Gasteiger charge is 2.34. The van der Waals surface area contributed by atoms with Gasteiger partial charge in [-0.15, -0.1) is 6.42 Å². The normalized spacial score (nSPS) is 14.9. The standard InChI is InChI=1S/C20H15FN2O4/c1-3-10-27-17-9-4-13(12-18(17)26-2)11-16-19(24)22-23(20(16)25)15-7-5-14(21)6-8-15/h1,4-9,11-12H,10H2,2H3,(H,22,24)/b16-11+. The van der Waals surface area contributed by atoms with E-state index in [9.17, 15) is 14.0 Å². The number of hydrogen-bond acceptors (Lipinski definition) is 4. The van der Waals surface area contributed by atoms with E-state index in [4.69, 9.17) is 15.9 Å². The zero-order valence-corrected chi connectivity index (χ0v) is 14.4. The number of hydrogen-bond donors (Lipinski definition) is 1. The summed E-state index contributed by atoms with van der Waals surface area (Å²) < 4.78 is 23.7. The maximum absolute atomic E-state index is 13.1. The number of terminal acetylenes is 1. The molecule has 2 amide bonds. The Balaban J connectivity index is 1.88. The Morgan fingerprint density at radius 3 is 2.59 bits per heavy atom. The van der Waals surface area contributed by atoms with Crippen LogP contribution in [0.15, 0.2) is 48.0 Å². The molecule has 27 heavy (non-hydrogen) atoms. The number of methoxy groups -OCH3 is 1. The van der Waals surface area contributed by atoms with Gasteiger partial charge in [0.2, 0.25) is 0 Å². The third-order valence-electron chi connectivity index (χ3n) is 3.79. The fourth-order valence-corrected chi connectivity index (χ4v) is 2.51. The molecular formula is C20H15FN2O4. The lowest BCUT2D eigenvalue weighted by molar-refractivity contribution is -0.117. The highest BCUT2D eigenvalue weighted by atomic mass is 19.1. The lowest BCUT2D eigenvalue weighted by Crippen LogP contribution is -2.35. The van der Waals surface area contributed by atoms with E-state index in [2.05, 4.69) is 11.3 Å². The van der Waals surface area contributed by atoms with Crippen LogP contribution >= 0.6 is 0 Å². The van der Waals surface area contributed by atoms with Crippen molar-refractivity contribution in [2.75, 3.05) is 18.7 Å². The number of anilines is 1. The van der Waals surface area contributed by atoms with Gasteiger partial charge in [-0.05, 0) is 48.0 Å². The maximum Gasteiger partial charge on any atom is 0.282 e. The number of benzene rings is 2. The number of nitrogens with zero attached hydrogens (tertiary/aromatic N) is 1. The van der Waals surface area contributed by atoms with Crippen molar-refractivity contribution in [2.24, 2.45) is 0 Å². The largest absolute Gasteiger partial charge is 0.493 e. The molecule has 0 saturated carbocycles. The minimum absolute atomic E-state index is 0.0568. The van der Waals surface area contributed by atoms with Gasteiger partial charge in [-0.1, -0.05) is 12.0 Å². The van der Waals surface area contributed by atoms with Crippen molar-refractivity contribution in [2.45, 2.75) is 0 Å². The van der Waals surface area contributed by atoms with Crippen LogP contribution in [0.5, 0.6) is 11.5 Å². The SMILES string of the molecule is C#CCOc1ccc(/C=C2\C(=O)NN(c3ccc(F)cc3)C2=O)cc1OC. The summed E-state index contributed by atoms with van der Waals surface area (Å²) in [6.07, 6.45) is 6.61. The van der Waals surface area contributed by atoms with Gasteiger partial charge in [-0.2, -0.15) is 0 Å². The summed E-state index contributed by atoms with van der Waals surface area (Å²) >= 11 is 0. The lowest BCUT2D eigenvalue weighted by Gasteiger charge is -2.14. The first kappa shape index (κ1) is 18.0. The molecule has 0 radical (unpaired) electrons. The van der Waals surface area contributed by atoms with E-state index >= 15 is 0 Å². The van der Waals surface area contributed by atoms with E-state index < -0.39 is 17.6 Å². The van der Waals surface area contributed by atoms with E-state index in [1.807, 2.05) is 0 Å². The zero-order valence-electron chi connectivity index (χ0n) is 14.4. The van der Waals surface area contributed by atoms with E-state index in [0.29, 0.717) is 22.7 Å². The molecule has 136 valence electrons. The van der Waals surface area contributed by atoms with Crippen molar-refractivity contribution in [3.8, 4) is 23.8 Å². The Kier molecular flexibility index (Phi) is 5.08. The second-order valence-electron chi connectivity index (χ2n) is 5.52. The number of carbonyl (C=O) groups excluding carboxylic acids is 2. The van der Waals surface area contributed by atoms with Crippen molar-refractivity contribution in [3.63, 3.8) is 0 Å². The third kappa shape index (κ3) is 3.75. The van der Waals surface area contributed by atoms with Gasteiger partial charge in [0.25, 0.3) is 11.8 Å². The summed E-state index contributed by atoms with van der Waals surface area (Å²) in [6.45, 7) is 0.0876. The van der Waals surface area contributed by atoms with Gasteiger partial charge in [0.05, 0.1) is 12.8 Å². The summed E-state index contributed by atoms with van der Waals surface area (Å²) in [5.41, 5.74) is 3.32. The first-order valence-corrected chi connectivity index (χ1v) is 7.90. The highest BCUT2D eigenvalue weighted by molar-refractivity contribution is 6.31. The molecule has 0 aromatic heterocycles. The minimum atomic E-state index is -0.559. The van der Waals surface area contributed by atoms with Crippen LogP contribution in [0.2, 0.25) is 0 Å². The molecule has 1 N–H and O–H groups in total. The molecule has 1 heterocycles.